The Bertz CT molecular complexity index is 88.9. The highest BCUT2D eigenvalue weighted by Crippen LogP contribution is 1.98. The Morgan fingerprint density at radius 1 is 1.71 bits per heavy atom. The molecule has 0 spiro atoms. The van der Waals surface area contributed by atoms with Gasteiger partial charge in [0.2, 0.25) is 0 Å². The number of hydrogen-bond acceptors (Lipinski definition) is 4. The van der Waals surface area contributed by atoms with Gasteiger partial charge >= 0.3 is 0 Å². The van der Waals surface area contributed by atoms with Crippen molar-refractivity contribution in [1.29, 1.82) is 0 Å². The zero-order valence-electron chi connectivity index (χ0n) is 4.42. The molecule has 4 heteroatoms. The average molecular weight is 100 g/mol. The summed E-state index contributed by atoms with van der Waals surface area (Å²) in [6.45, 7) is 1.96. The maximum Gasteiger partial charge on any atom is 0.140 e. The molecule has 40 valence electrons. The highest BCUT2D eigenvalue weighted by atomic mass is 15.8. The van der Waals surface area contributed by atoms with Gasteiger partial charge in [-0.05, 0) is 6.92 Å². The van der Waals surface area contributed by atoms with Gasteiger partial charge < -0.3 is 0 Å². The summed E-state index contributed by atoms with van der Waals surface area (Å²) in [6.07, 6.45) is 0.194. The van der Waals surface area contributed by atoms with Crippen LogP contribution in [0.25, 0.3) is 0 Å². The highest BCUT2D eigenvalue weighted by molar-refractivity contribution is 4.54. The molecule has 1 atom stereocenters. The Morgan fingerprint density at radius 2 is 2.43 bits per heavy atom. The van der Waals surface area contributed by atoms with Crippen LogP contribution in [0.15, 0.2) is 10.3 Å². The van der Waals surface area contributed by atoms with Gasteiger partial charge in [0.1, 0.15) is 6.17 Å². The van der Waals surface area contributed by atoms with Crippen LogP contribution in [0.2, 0.25) is 0 Å². The Balaban J connectivity index is 2.45. The highest BCUT2D eigenvalue weighted by Gasteiger charge is 2.09. The van der Waals surface area contributed by atoms with E-state index in [9.17, 15) is 0 Å². The Hall–Kier alpha value is -0.640. The molecule has 1 aliphatic heterocycles. The summed E-state index contributed by atoms with van der Waals surface area (Å²) in [5.41, 5.74) is 2.66. The van der Waals surface area contributed by atoms with Gasteiger partial charge in [0.15, 0.2) is 0 Å². The van der Waals surface area contributed by atoms with Gasteiger partial charge in [-0.3, -0.25) is 0 Å². The summed E-state index contributed by atoms with van der Waals surface area (Å²) < 4.78 is 0. The van der Waals surface area contributed by atoms with Crippen molar-refractivity contribution in [2.75, 3.05) is 7.05 Å². The molecule has 0 amide bonds. The lowest BCUT2D eigenvalue weighted by molar-refractivity contribution is 0.233. The lowest BCUT2D eigenvalue weighted by Gasteiger charge is -2.08. The van der Waals surface area contributed by atoms with Crippen LogP contribution in [0, 0.1) is 0 Å². The Labute approximate surface area is 42.2 Å². The van der Waals surface area contributed by atoms with E-state index in [0.29, 0.717) is 0 Å². The van der Waals surface area contributed by atoms with Crippen LogP contribution in [-0.4, -0.2) is 18.2 Å². The van der Waals surface area contributed by atoms with Gasteiger partial charge in [0, 0.05) is 7.05 Å². The normalized spacial score (nSPS) is 30.9. The second-order valence-corrected chi connectivity index (χ2v) is 1.56. The molecule has 0 aromatic carbocycles. The van der Waals surface area contributed by atoms with E-state index in [2.05, 4.69) is 15.9 Å². The molecule has 0 aromatic heterocycles. The molecule has 0 aliphatic carbocycles. The standard InChI is InChI=1S/C3H8N4/c1-3-4-5-6-7(3)2/h3H,1-2H3,(H,4,6)/t3-/m0/s1. The van der Waals surface area contributed by atoms with E-state index in [0.717, 1.165) is 0 Å². The van der Waals surface area contributed by atoms with Crippen LogP contribution >= 0.6 is 0 Å². The van der Waals surface area contributed by atoms with Crippen molar-refractivity contribution < 1.29 is 0 Å². The van der Waals surface area contributed by atoms with Crippen LogP contribution < -0.4 is 5.53 Å². The monoisotopic (exact) mass is 100 g/mol. The molecule has 0 radical (unpaired) electrons. The SMILES string of the molecule is C[C@H]1N=NNN1C. The van der Waals surface area contributed by atoms with Crippen molar-refractivity contribution >= 4 is 0 Å². The minimum atomic E-state index is 0.194. The summed E-state index contributed by atoms with van der Waals surface area (Å²) in [5.74, 6) is 0. The summed E-state index contributed by atoms with van der Waals surface area (Å²) in [5, 5.41) is 9.12. The largest absolute Gasteiger partial charge is 0.220 e. The summed E-state index contributed by atoms with van der Waals surface area (Å²) in [4.78, 5) is 0. The molecule has 7 heavy (non-hydrogen) atoms. The lowest BCUT2D eigenvalue weighted by Crippen LogP contribution is -2.30. The fourth-order valence-electron chi connectivity index (χ4n) is 0.341. The fourth-order valence-corrected chi connectivity index (χ4v) is 0.341. The number of nitrogens with zero attached hydrogens (tertiary/aromatic N) is 3. The molecule has 0 unspecified atom stereocenters. The zero-order valence-corrected chi connectivity index (χ0v) is 4.42. The molecule has 0 saturated heterocycles. The molecule has 0 saturated carbocycles. The minimum Gasteiger partial charge on any atom is -0.220 e. The van der Waals surface area contributed by atoms with Crippen molar-refractivity contribution in [2.24, 2.45) is 10.3 Å². The third-order valence-electron chi connectivity index (χ3n) is 0.988. The van der Waals surface area contributed by atoms with E-state index in [1.54, 1.807) is 0 Å². The second-order valence-electron chi connectivity index (χ2n) is 1.56. The van der Waals surface area contributed by atoms with Crippen LogP contribution in [-0.2, 0) is 0 Å². The molecule has 1 N–H and O–H groups in total. The van der Waals surface area contributed by atoms with E-state index < -0.39 is 0 Å². The van der Waals surface area contributed by atoms with Gasteiger partial charge in [-0.15, -0.1) is 5.11 Å². The molecule has 1 aliphatic rings. The molecule has 0 aromatic rings. The van der Waals surface area contributed by atoms with Crippen molar-refractivity contribution in [3.63, 3.8) is 0 Å². The first-order chi connectivity index (χ1) is 3.30. The maximum absolute atomic E-state index is 3.76. The summed E-state index contributed by atoms with van der Waals surface area (Å²) >= 11 is 0. The smallest absolute Gasteiger partial charge is 0.140 e. The number of hydrazine groups is 1. The van der Waals surface area contributed by atoms with E-state index in [1.807, 2.05) is 19.0 Å². The van der Waals surface area contributed by atoms with Crippen LogP contribution in [0.3, 0.4) is 0 Å². The van der Waals surface area contributed by atoms with E-state index in [-0.39, 0.29) is 6.17 Å². The molecular weight excluding hydrogens is 92.1 g/mol. The van der Waals surface area contributed by atoms with Crippen molar-refractivity contribution in [3.8, 4) is 0 Å². The molecule has 4 nitrogen and oxygen atoms in total. The Morgan fingerprint density at radius 3 is 2.57 bits per heavy atom. The lowest BCUT2D eigenvalue weighted by atomic mass is 10.6. The van der Waals surface area contributed by atoms with Gasteiger partial charge in [-0.2, -0.15) is 5.01 Å². The predicted molar refractivity (Wildman–Crippen MR) is 25.2 cm³/mol. The Kier molecular flexibility index (Phi) is 0.941. The number of nitrogens with one attached hydrogen (secondary N) is 1. The first-order valence-corrected chi connectivity index (χ1v) is 2.19. The molecule has 1 rings (SSSR count). The van der Waals surface area contributed by atoms with E-state index in [1.165, 1.54) is 0 Å². The fraction of sp³-hybridized carbons (Fsp3) is 1.00. The van der Waals surface area contributed by atoms with E-state index >= 15 is 0 Å². The first-order valence-electron chi connectivity index (χ1n) is 2.19. The topological polar surface area (TPSA) is 40.0 Å². The summed E-state index contributed by atoms with van der Waals surface area (Å²) in [7, 11) is 1.89. The molecule has 1 heterocycles. The van der Waals surface area contributed by atoms with Crippen LogP contribution in [0.4, 0.5) is 0 Å². The average Bonchev–Trinajstić information content (AvgIpc) is 1.91. The second kappa shape index (κ2) is 1.46. The van der Waals surface area contributed by atoms with Crippen molar-refractivity contribution in [1.82, 2.24) is 10.5 Å². The van der Waals surface area contributed by atoms with Gasteiger partial charge in [-0.1, -0.05) is 5.22 Å². The molecular formula is C3H8N4. The quantitative estimate of drug-likeness (QED) is 0.470. The van der Waals surface area contributed by atoms with Gasteiger partial charge in [0.05, 0.1) is 0 Å². The summed E-state index contributed by atoms with van der Waals surface area (Å²) in [6, 6.07) is 0. The third-order valence-corrected chi connectivity index (χ3v) is 0.988. The third kappa shape index (κ3) is 0.691. The van der Waals surface area contributed by atoms with Crippen molar-refractivity contribution in [3.05, 3.63) is 0 Å². The van der Waals surface area contributed by atoms with Crippen molar-refractivity contribution in [2.45, 2.75) is 13.1 Å². The zero-order chi connectivity index (χ0) is 5.28. The number of rotatable bonds is 0. The molecule has 0 fully saturated rings. The predicted octanol–water partition coefficient (Wildman–Crippen LogP) is 0.150. The minimum absolute atomic E-state index is 0.194. The van der Waals surface area contributed by atoms with Gasteiger partial charge in [-0.25, -0.2) is 5.53 Å². The van der Waals surface area contributed by atoms with Gasteiger partial charge in [0.25, 0.3) is 0 Å². The molecule has 0 bridgehead atoms. The first kappa shape index (κ1) is 4.52. The number of hydrogen-bond donors (Lipinski definition) is 1. The van der Waals surface area contributed by atoms with Crippen LogP contribution in [0.1, 0.15) is 6.92 Å². The maximum atomic E-state index is 3.76. The van der Waals surface area contributed by atoms with Crippen LogP contribution in [0.5, 0.6) is 0 Å². The van der Waals surface area contributed by atoms with E-state index in [4.69, 9.17) is 0 Å².